The molecule has 2 nitrogen and oxygen atoms in total. The third kappa shape index (κ3) is 3.95. The van der Waals surface area contributed by atoms with Crippen molar-refractivity contribution >= 4 is 33.3 Å². The number of pyridine rings is 1. The Labute approximate surface area is 127 Å². The van der Waals surface area contributed by atoms with Crippen molar-refractivity contribution in [3.63, 3.8) is 0 Å². The quantitative estimate of drug-likeness (QED) is 0.757. The highest BCUT2D eigenvalue weighted by molar-refractivity contribution is 9.10. The average Bonchev–Trinajstić information content (AvgIpc) is 2.45. The van der Waals surface area contributed by atoms with E-state index in [2.05, 4.69) is 57.1 Å². The lowest BCUT2D eigenvalue weighted by Crippen LogP contribution is -2.22. The summed E-state index contributed by atoms with van der Waals surface area (Å²) in [7, 11) is 2.05. The molecule has 1 heterocycles. The van der Waals surface area contributed by atoms with Gasteiger partial charge in [0.2, 0.25) is 0 Å². The number of likely N-dealkylation sites (N-methyl/N-ethyl adjacent to an activating group) is 1. The number of nitrogens with zero attached hydrogens (tertiary/aromatic N) is 2. The van der Waals surface area contributed by atoms with Crippen LogP contribution in [0, 0.1) is 0 Å². The highest BCUT2D eigenvalue weighted by Gasteiger charge is 2.09. The Balaban J connectivity index is 2.05. The van der Waals surface area contributed by atoms with Gasteiger partial charge in [0.15, 0.2) is 0 Å². The van der Waals surface area contributed by atoms with E-state index < -0.39 is 0 Å². The molecule has 19 heavy (non-hydrogen) atoms. The first-order chi connectivity index (χ1) is 9.20. The standard InChI is InChI=1S/C15H16BrClN2/c1-19(8-7-12-5-3-2-4-6-12)15-13(10-17)9-14(16)11-18-15/h2-6,9,11H,7-8,10H2,1H3. The Morgan fingerprint density at radius 1 is 1.26 bits per heavy atom. The maximum atomic E-state index is 5.98. The molecule has 0 aliphatic carbocycles. The molecule has 4 heteroatoms. The molecule has 0 saturated heterocycles. The zero-order valence-corrected chi connectivity index (χ0v) is 13.2. The van der Waals surface area contributed by atoms with Crippen LogP contribution in [0.4, 0.5) is 5.82 Å². The Morgan fingerprint density at radius 2 is 2.00 bits per heavy atom. The summed E-state index contributed by atoms with van der Waals surface area (Å²) in [6.07, 6.45) is 2.81. The van der Waals surface area contributed by atoms with E-state index in [4.69, 9.17) is 11.6 Å². The molecule has 0 bridgehead atoms. The van der Waals surface area contributed by atoms with Gasteiger partial charge in [-0.1, -0.05) is 30.3 Å². The fourth-order valence-electron chi connectivity index (χ4n) is 1.96. The molecule has 0 fully saturated rings. The van der Waals surface area contributed by atoms with Crippen molar-refractivity contribution in [3.05, 3.63) is 58.2 Å². The largest absolute Gasteiger partial charge is 0.359 e. The maximum absolute atomic E-state index is 5.98. The lowest BCUT2D eigenvalue weighted by atomic mass is 10.1. The molecular formula is C15H16BrClN2. The number of aromatic nitrogens is 1. The van der Waals surface area contributed by atoms with Crippen LogP contribution in [0.15, 0.2) is 47.1 Å². The minimum atomic E-state index is 0.470. The van der Waals surface area contributed by atoms with Crippen molar-refractivity contribution in [1.82, 2.24) is 4.98 Å². The van der Waals surface area contributed by atoms with Gasteiger partial charge in [-0.05, 0) is 34.0 Å². The molecule has 2 aromatic rings. The highest BCUT2D eigenvalue weighted by Crippen LogP contribution is 2.22. The Bertz CT molecular complexity index is 531. The molecule has 0 spiro atoms. The summed E-state index contributed by atoms with van der Waals surface area (Å²) < 4.78 is 0.961. The molecular weight excluding hydrogens is 324 g/mol. The predicted octanol–water partition coefficient (Wildman–Crippen LogP) is 4.26. The van der Waals surface area contributed by atoms with Crippen molar-refractivity contribution in [1.29, 1.82) is 0 Å². The molecule has 2 rings (SSSR count). The molecule has 0 aliphatic heterocycles. The lowest BCUT2D eigenvalue weighted by molar-refractivity contribution is 0.853. The number of hydrogen-bond acceptors (Lipinski definition) is 2. The first kappa shape index (κ1) is 14.4. The molecule has 1 aromatic heterocycles. The maximum Gasteiger partial charge on any atom is 0.132 e. The van der Waals surface area contributed by atoms with Crippen molar-refractivity contribution in [2.24, 2.45) is 0 Å². The number of halogens is 2. The van der Waals surface area contributed by atoms with Crippen LogP contribution in [0.3, 0.4) is 0 Å². The van der Waals surface area contributed by atoms with Gasteiger partial charge in [-0.2, -0.15) is 0 Å². The van der Waals surface area contributed by atoms with Crippen LogP contribution >= 0.6 is 27.5 Å². The fraction of sp³-hybridized carbons (Fsp3) is 0.267. The predicted molar refractivity (Wildman–Crippen MR) is 84.9 cm³/mol. The number of alkyl halides is 1. The normalized spacial score (nSPS) is 10.5. The monoisotopic (exact) mass is 338 g/mol. The van der Waals surface area contributed by atoms with Crippen molar-refractivity contribution in [3.8, 4) is 0 Å². The van der Waals surface area contributed by atoms with E-state index in [1.54, 1.807) is 0 Å². The third-order valence-corrected chi connectivity index (χ3v) is 3.72. The third-order valence-electron chi connectivity index (χ3n) is 2.99. The van der Waals surface area contributed by atoms with Crippen molar-refractivity contribution < 1.29 is 0 Å². The summed E-state index contributed by atoms with van der Waals surface area (Å²) in [6.45, 7) is 0.919. The summed E-state index contributed by atoms with van der Waals surface area (Å²) in [5.74, 6) is 1.42. The second-order valence-corrected chi connectivity index (χ2v) is 5.61. The number of benzene rings is 1. The van der Waals surface area contributed by atoms with Gasteiger partial charge in [0.25, 0.3) is 0 Å². The fourth-order valence-corrected chi connectivity index (χ4v) is 2.54. The van der Waals surface area contributed by atoms with Crippen molar-refractivity contribution in [2.75, 3.05) is 18.5 Å². The van der Waals surface area contributed by atoms with E-state index in [0.717, 1.165) is 28.8 Å². The highest BCUT2D eigenvalue weighted by atomic mass is 79.9. The van der Waals surface area contributed by atoms with E-state index in [-0.39, 0.29) is 0 Å². The number of hydrogen-bond donors (Lipinski definition) is 0. The van der Waals surface area contributed by atoms with E-state index in [9.17, 15) is 0 Å². The summed E-state index contributed by atoms with van der Waals surface area (Å²) in [5.41, 5.74) is 2.38. The van der Waals surface area contributed by atoms with Gasteiger partial charge in [0, 0.05) is 29.8 Å². The summed E-state index contributed by atoms with van der Waals surface area (Å²) in [6, 6.07) is 12.5. The molecule has 1 aromatic carbocycles. The Morgan fingerprint density at radius 3 is 2.68 bits per heavy atom. The van der Waals surface area contributed by atoms with Crippen LogP contribution < -0.4 is 4.90 Å². The molecule has 0 amide bonds. The molecule has 0 atom stereocenters. The Kier molecular flexibility index (Phi) is 5.23. The number of rotatable bonds is 5. The summed E-state index contributed by atoms with van der Waals surface area (Å²) in [5, 5.41) is 0. The van der Waals surface area contributed by atoms with Crippen molar-refractivity contribution in [2.45, 2.75) is 12.3 Å². The SMILES string of the molecule is CN(CCc1ccccc1)c1ncc(Br)cc1CCl. The average molecular weight is 340 g/mol. The van der Waals surface area contributed by atoms with Gasteiger partial charge in [-0.25, -0.2) is 4.98 Å². The van der Waals surface area contributed by atoms with Gasteiger partial charge in [0.1, 0.15) is 5.82 Å². The molecule has 100 valence electrons. The van der Waals surface area contributed by atoms with Crippen LogP contribution in [0.5, 0.6) is 0 Å². The van der Waals surface area contributed by atoms with E-state index in [1.807, 2.05) is 18.3 Å². The molecule has 0 aliphatic rings. The van der Waals surface area contributed by atoms with E-state index in [1.165, 1.54) is 5.56 Å². The molecule has 0 N–H and O–H groups in total. The van der Waals surface area contributed by atoms with Crippen LogP contribution in [0.1, 0.15) is 11.1 Å². The second-order valence-electron chi connectivity index (χ2n) is 4.43. The van der Waals surface area contributed by atoms with Crippen LogP contribution in [0.25, 0.3) is 0 Å². The van der Waals surface area contributed by atoms with Gasteiger partial charge in [-0.15, -0.1) is 11.6 Å². The van der Waals surface area contributed by atoms with Gasteiger partial charge >= 0.3 is 0 Å². The molecule has 0 radical (unpaired) electrons. The molecule has 0 saturated carbocycles. The minimum Gasteiger partial charge on any atom is -0.359 e. The topological polar surface area (TPSA) is 16.1 Å². The molecule has 0 unspecified atom stereocenters. The Hall–Kier alpha value is -1.06. The zero-order valence-electron chi connectivity index (χ0n) is 10.8. The van der Waals surface area contributed by atoms with E-state index in [0.29, 0.717) is 5.88 Å². The van der Waals surface area contributed by atoms with E-state index >= 15 is 0 Å². The van der Waals surface area contributed by atoms with Gasteiger partial charge in [0.05, 0.1) is 5.88 Å². The summed E-state index contributed by atoms with van der Waals surface area (Å²) >= 11 is 9.40. The van der Waals surface area contributed by atoms with Crippen LogP contribution in [-0.4, -0.2) is 18.6 Å². The smallest absolute Gasteiger partial charge is 0.132 e. The van der Waals surface area contributed by atoms with Crippen LogP contribution in [0.2, 0.25) is 0 Å². The number of anilines is 1. The zero-order chi connectivity index (χ0) is 13.7. The second kappa shape index (κ2) is 6.92. The lowest BCUT2D eigenvalue weighted by Gasteiger charge is -2.20. The summed E-state index contributed by atoms with van der Waals surface area (Å²) in [4.78, 5) is 6.61. The van der Waals surface area contributed by atoms with Gasteiger partial charge < -0.3 is 4.90 Å². The van der Waals surface area contributed by atoms with Crippen LogP contribution in [-0.2, 0) is 12.3 Å². The van der Waals surface area contributed by atoms with Gasteiger partial charge in [-0.3, -0.25) is 0 Å². The first-order valence-electron chi connectivity index (χ1n) is 6.16. The minimum absolute atomic E-state index is 0.470. The first-order valence-corrected chi connectivity index (χ1v) is 7.49.